The fourth-order valence-electron chi connectivity index (χ4n) is 2.48. The molecule has 1 saturated heterocycles. The van der Waals surface area contributed by atoms with Crippen molar-refractivity contribution in [1.82, 2.24) is 9.03 Å². The quantitative estimate of drug-likeness (QED) is 0.848. The third-order valence-electron chi connectivity index (χ3n) is 3.65. The van der Waals surface area contributed by atoms with E-state index in [0.717, 1.165) is 34.8 Å². The van der Waals surface area contributed by atoms with Crippen LogP contribution in [0.25, 0.3) is 0 Å². The van der Waals surface area contributed by atoms with Gasteiger partial charge in [0.15, 0.2) is 0 Å². The van der Waals surface area contributed by atoms with Gasteiger partial charge in [-0.3, -0.25) is 0 Å². The van der Waals surface area contributed by atoms with Gasteiger partial charge in [0.05, 0.1) is 16.7 Å². The smallest absolute Gasteiger partial charge is 0.213 e. The standard InChI is InChI=1S/C13H17F3N2O4S2/c1-23(19,20)17-11-6-8-18(9-7-11)24(21,22)12-4-2-10(3-5-12)13(14,15)16/h2-5,11,17H,6-9H2,1H3. The first-order valence-corrected chi connectivity index (χ1v) is 10.4. The third kappa shape index (κ3) is 4.68. The molecule has 11 heteroatoms. The van der Waals surface area contributed by atoms with Crippen molar-refractivity contribution in [3.63, 3.8) is 0 Å². The molecule has 0 aromatic heterocycles. The monoisotopic (exact) mass is 386 g/mol. The lowest BCUT2D eigenvalue weighted by Gasteiger charge is -2.31. The molecule has 1 aliphatic rings. The predicted octanol–water partition coefficient (Wildman–Crippen LogP) is 1.41. The molecular weight excluding hydrogens is 369 g/mol. The molecule has 1 aromatic carbocycles. The predicted molar refractivity (Wildman–Crippen MR) is 81.2 cm³/mol. The maximum atomic E-state index is 12.5. The summed E-state index contributed by atoms with van der Waals surface area (Å²) in [5.74, 6) is 0. The summed E-state index contributed by atoms with van der Waals surface area (Å²) in [5, 5.41) is 0. The molecule has 1 heterocycles. The lowest BCUT2D eigenvalue weighted by Crippen LogP contribution is -2.46. The van der Waals surface area contributed by atoms with Gasteiger partial charge in [0.1, 0.15) is 0 Å². The second-order valence-electron chi connectivity index (χ2n) is 5.59. The molecule has 24 heavy (non-hydrogen) atoms. The lowest BCUT2D eigenvalue weighted by molar-refractivity contribution is -0.137. The van der Waals surface area contributed by atoms with Crippen molar-refractivity contribution >= 4 is 20.0 Å². The molecule has 0 atom stereocenters. The van der Waals surface area contributed by atoms with E-state index in [4.69, 9.17) is 0 Å². The van der Waals surface area contributed by atoms with E-state index in [1.54, 1.807) is 0 Å². The van der Waals surface area contributed by atoms with Crippen LogP contribution in [-0.2, 0) is 26.2 Å². The Morgan fingerprint density at radius 2 is 1.54 bits per heavy atom. The van der Waals surface area contributed by atoms with E-state index >= 15 is 0 Å². The summed E-state index contributed by atoms with van der Waals surface area (Å²) < 4.78 is 88.4. The van der Waals surface area contributed by atoms with Crippen molar-refractivity contribution in [2.45, 2.75) is 30.0 Å². The van der Waals surface area contributed by atoms with Crippen LogP contribution >= 0.6 is 0 Å². The van der Waals surface area contributed by atoms with E-state index in [1.165, 1.54) is 0 Å². The van der Waals surface area contributed by atoms with Crippen molar-refractivity contribution in [3.8, 4) is 0 Å². The van der Waals surface area contributed by atoms with Gasteiger partial charge in [-0.1, -0.05) is 0 Å². The van der Waals surface area contributed by atoms with Crippen LogP contribution in [0.4, 0.5) is 13.2 Å². The van der Waals surface area contributed by atoms with Crippen molar-refractivity contribution in [3.05, 3.63) is 29.8 Å². The first-order valence-electron chi connectivity index (χ1n) is 7.04. The second-order valence-corrected chi connectivity index (χ2v) is 9.31. The largest absolute Gasteiger partial charge is 0.416 e. The minimum atomic E-state index is -4.53. The molecule has 0 radical (unpaired) electrons. The Balaban J connectivity index is 2.09. The molecule has 0 amide bonds. The summed E-state index contributed by atoms with van der Waals surface area (Å²) in [5.41, 5.74) is -0.919. The number of rotatable bonds is 4. The number of hydrogen-bond donors (Lipinski definition) is 1. The molecule has 1 aromatic rings. The molecule has 0 unspecified atom stereocenters. The Bertz CT molecular complexity index is 782. The molecule has 136 valence electrons. The molecule has 0 aliphatic carbocycles. The minimum absolute atomic E-state index is 0.0938. The number of sulfonamides is 2. The van der Waals surface area contributed by atoms with Gasteiger partial charge in [-0.2, -0.15) is 17.5 Å². The van der Waals surface area contributed by atoms with Gasteiger partial charge in [0.2, 0.25) is 20.0 Å². The number of benzene rings is 1. The maximum Gasteiger partial charge on any atom is 0.416 e. The van der Waals surface area contributed by atoms with E-state index in [0.29, 0.717) is 12.8 Å². The Hall–Kier alpha value is -1.17. The van der Waals surface area contributed by atoms with E-state index in [2.05, 4.69) is 4.72 Å². The average Bonchev–Trinajstić information content (AvgIpc) is 2.45. The zero-order valence-electron chi connectivity index (χ0n) is 12.7. The summed E-state index contributed by atoms with van der Waals surface area (Å²) >= 11 is 0. The van der Waals surface area contributed by atoms with E-state index in [1.807, 2.05) is 0 Å². The molecule has 2 rings (SSSR count). The molecule has 1 fully saturated rings. The topological polar surface area (TPSA) is 83.6 Å². The van der Waals surface area contributed by atoms with Gasteiger partial charge in [-0.05, 0) is 37.1 Å². The van der Waals surface area contributed by atoms with Gasteiger partial charge in [-0.25, -0.2) is 21.6 Å². The van der Waals surface area contributed by atoms with Gasteiger partial charge in [0.25, 0.3) is 0 Å². The summed E-state index contributed by atoms with van der Waals surface area (Å²) in [6.45, 7) is 0.188. The molecule has 1 aliphatic heterocycles. The summed E-state index contributed by atoms with van der Waals surface area (Å²) in [6.07, 6.45) is -2.91. The zero-order valence-corrected chi connectivity index (χ0v) is 14.4. The highest BCUT2D eigenvalue weighted by Crippen LogP contribution is 2.30. The number of halogens is 3. The summed E-state index contributed by atoms with van der Waals surface area (Å²) in [7, 11) is -7.27. The van der Waals surface area contributed by atoms with Crippen molar-refractivity contribution in [2.24, 2.45) is 0 Å². The van der Waals surface area contributed by atoms with Crippen LogP contribution in [0, 0.1) is 0 Å². The van der Waals surface area contributed by atoms with E-state index in [9.17, 15) is 30.0 Å². The molecule has 6 nitrogen and oxygen atoms in total. The minimum Gasteiger partial charge on any atom is -0.213 e. The van der Waals surface area contributed by atoms with Crippen molar-refractivity contribution in [1.29, 1.82) is 0 Å². The van der Waals surface area contributed by atoms with Gasteiger partial charge in [0, 0.05) is 19.1 Å². The third-order valence-corrected chi connectivity index (χ3v) is 6.33. The number of hydrogen-bond acceptors (Lipinski definition) is 4. The highest BCUT2D eigenvalue weighted by atomic mass is 32.2. The highest BCUT2D eigenvalue weighted by Gasteiger charge is 2.33. The number of piperidine rings is 1. The number of nitrogens with one attached hydrogen (secondary N) is 1. The SMILES string of the molecule is CS(=O)(=O)NC1CCN(S(=O)(=O)c2ccc(C(F)(F)F)cc2)CC1. The first-order chi connectivity index (χ1) is 10.9. The first kappa shape index (κ1) is 19.2. The maximum absolute atomic E-state index is 12.5. The number of nitrogens with zero attached hydrogens (tertiary/aromatic N) is 1. The Labute approximate surface area is 138 Å². The fraction of sp³-hybridized carbons (Fsp3) is 0.538. The Morgan fingerprint density at radius 3 is 1.96 bits per heavy atom. The number of alkyl halides is 3. The van der Waals surface area contributed by atoms with Crippen LogP contribution in [0.2, 0.25) is 0 Å². The summed E-state index contributed by atoms with van der Waals surface area (Å²) in [4.78, 5) is -0.218. The van der Waals surface area contributed by atoms with Crippen LogP contribution < -0.4 is 4.72 Å². The average molecular weight is 386 g/mol. The van der Waals surface area contributed by atoms with Crippen LogP contribution in [0.1, 0.15) is 18.4 Å². The van der Waals surface area contributed by atoms with Crippen LogP contribution in [0.3, 0.4) is 0 Å². The Morgan fingerprint density at radius 1 is 1.04 bits per heavy atom. The normalized spacial score (nSPS) is 18.7. The van der Waals surface area contributed by atoms with E-state index in [-0.39, 0.29) is 24.0 Å². The Kier molecular flexibility index (Phi) is 5.28. The second kappa shape index (κ2) is 6.62. The van der Waals surface area contributed by atoms with Gasteiger partial charge < -0.3 is 0 Å². The van der Waals surface area contributed by atoms with Crippen LogP contribution in [-0.4, -0.2) is 46.5 Å². The highest BCUT2D eigenvalue weighted by molar-refractivity contribution is 7.89. The van der Waals surface area contributed by atoms with Crippen LogP contribution in [0.5, 0.6) is 0 Å². The fourth-order valence-corrected chi connectivity index (χ4v) is 4.79. The molecule has 0 spiro atoms. The zero-order chi connectivity index (χ0) is 18.2. The van der Waals surface area contributed by atoms with E-state index < -0.39 is 31.8 Å². The summed E-state index contributed by atoms with van der Waals surface area (Å²) in [6, 6.07) is 2.97. The molecular formula is C13H17F3N2O4S2. The lowest BCUT2D eigenvalue weighted by atomic mass is 10.1. The molecule has 1 N–H and O–H groups in total. The van der Waals surface area contributed by atoms with Crippen molar-refractivity contribution in [2.75, 3.05) is 19.3 Å². The van der Waals surface area contributed by atoms with Gasteiger partial charge in [-0.15, -0.1) is 0 Å². The molecule has 0 saturated carbocycles. The van der Waals surface area contributed by atoms with Crippen LogP contribution in [0.15, 0.2) is 29.2 Å². The van der Waals surface area contributed by atoms with Crippen molar-refractivity contribution < 1.29 is 30.0 Å². The van der Waals surface area contributed by atoms with Gasteiger partial charge >= 0.3 is 6.18 Å². The molecule has 0 bridgehead atoms.